The minimum atomic E-state index is -3.65. The van der Waals surface area contributed by atoms with Gasteiger partial charge in [0.1, 0.15) is 6.04 Å². The topological polar surface area (TPSA) is 66.5 Å². The molecule has 174 valence electrons. The zero-order valence-corrected chi connectivity index (χ0v) is 20.8. The van der Waals surface area contributed by atoms with Gasteiger partial charge in [0, 0.05) is 0 Å². The highest BCUT2D eigenvalue weighted by atomic mass is 32.2. The van der Waals surface area contributed by atoms with Crippen molar-refractivity contribution in [1.29, 1.82) is 0 Å². The fourth-order valence-electron chi connectivity index (χ4n) is 4.58. The fraction of sp³-hybridized carbons (Fsp3) is 0.500. The Kier molecular flexibility index (Phi) is 7.65. The number of nitrogens with one attached hydrogen (secondary N) is 1. The quantitative estimate of drug-likeness (QED) is 0.608. The van der Waals surface area contributed by atoms with Crippen LogP contribution in [0.2, 0.25) is 0 Å². The molecule has 0 unspecified atom stereocenters. The van der Waals surface area contributed by atoms with Gasteiger partial charge in [-0.25, -0.2) is 8.42 Å². The zero-order valence-electron chi connectivity index (χ0n) is 19.9. The van der Waals surface area contributed by atoms with E-state index in [1.54, 1.807) is 6.07 Å². The average molecular weight is 457 g/mol. The van der Waals surface area contributed by atoms with Crippen LogP contribution in [0.4, 0.5) is 5.69 Å². The Hall–Kier alpha value is -2.34. The number of hydrogen-bond acceptors (Lipinski definition) is 3. The van der Waals surface area contributed by atoms with Crippen molar-refractivity contribution in [2.45, 2.75) is 78.3 Å². The summed E-state index contributed by atoms with van der Waals surface area (Å²) < 4.78 is 26.8. The van der Waals surface area contributed by atoms with E-state index in [1.165, 1.54) is 34.5 Å². The van der Waals surface area contributed by atoms with Crippen LogP contribution in [0.1, 0.15) is 73.4 Å². The minimum Gasteiger partial charge on any atom is -0.347 e. The first-order valence-corrected chi connectivity index (χ1v) is 13.5. The summed E-state index contributed by atoms with van der Waals surface area (Å²) in [5.74, 6) is -0.263. The van der Waals surface area contributed by atoms with Gasteiger partial charge in [-0.2, -0.15) is 0 Å². The largest absolute Gasteiger partial charge is 0.347 e. The number of carbonyl (C=O) groups is 1. The summed E-state index contributed by atoms with van der Waals surface area (Å²) in [6.45, 7) is 7.83. The van der Waals surface area contributed by atoms with Crippen molar-refractivity contribution in [3.8, 4) is 0 Å². The second kappa shape index (κ2) is 10.1. The van der Waals surface area contributed by atoms with E-state index in [0.717, 1.165) is 36.0 Å². The summed E-state index contributed by atoms with van der Waals surface area (Å²) >= 11 is 0. The SMILES string of the molecule is CC[C@@H](NC(=O)[C@H](CC)N(c1ccc(C)c(C)c1)S(C)(=O)=O)c1ccc2c(c1)CCCC2. The maximum Gasteiger partial charge on any atom is 0.244 e. The molecule has 3 rings (SSSR count). The van der Waals surface area contributed by atoms with Gasteiger partial charge in [0.15, 0.2) is 0 Å². The van der Waals surface area contributed by atoms with Crippen molar-refractivity contribution in [3.63, 3.8) is 0 Å². The molecule has 0 bridgehead atoms. The molecule has 6 heteroatoms. The van der Waals surface area contributed by atoms with E-state index in [-0.39, 0.29) is 11.9 Å². The number of rotatable bonds is 8. The van der Waals surface area contributed by atoms with E-state index in [2.05, 4.69) is 23.5 Å². The number of aryl methyl sites for hydroxylation is 4. The van der Waals surface area contributed by atoms with Crippen molar-refractivity contribution in [3.05, 3.63) is 64.2 Å². The number of amides is 1. The molecule has 0 saturated heterocycles. The Morgan fingerprint density at radius 3 is 2.25 bits per heavy atom. The molecule has 2 aromatic carbocycles. The lowest BCUT2D eigenvalue weighted by Crippen LogP contribution is -2.50. The number of hydrogen-bond donors (Lipinski definition) is 1. The van der Waals surface area contributed by atoms with Crippen LogP contribution in [-0.4, -0.2) is 26.6 Å². The van der Waals surface area contributed by atoms with Gasteiger partial charge in [-0.3, -0.25) is 9.10 Å². The van der Waals surface area contributed by atoms with Gasteiger partial charge in [0.05, 0.1) is 18.0 Å². The molecule has 0 fully saturated rings. The molecule has 0 spiro atoms. The number of fused-ring (bicyclic) bond motifs is 1. The van der Waals surface area contributed by atoms with Crippen LogP contribution < -0.4 is 9.62 Å². The second-order valence-electron chi connectivity index (χ2n) is 8.96. The van der Waals surface area contributed by atoms with Gasteiger partial charge in [0.25, 0.3) is 0 Å². The highest BCUT2D eigenvalue weighted by Gasteiger charge is 2.32. The molecule has 2 aromatic rings. The summed E-state index contributed by atoms with van der Waals surface area (Å²) in [5, 5.41) is 3.14. The molecule has 0 saturated carbocycles. The Morgan fingerprint density at radius 2 is 1.66 bits per heavy atom. The predicted molar refractivity (Wildman–Crippen MR) is 132 cm³/mol. The molecule has 1 aliphatic carbocycles. The van der Waals surface area contributed by atoms with Gasteiger partial charge in [-0.15, -0.1) is 0 Å². The monoisotopic (exact) mass is 456 g/mol. The number of nitrogens with zero attached hydrogens (tertiary/aromatic N) is 1. The third-order valence-corrected chi connectivity index (χ3v) is 7.75. The van der Waals surface area contributed by atoms with Crippen LogP contribution in [0.5, 0.6) is 0 Å². The fourth-order valence-corrected chi connectivity index (χ4v) is 5.79. The first-order chi connectivity index (χ1) is 15.2. The number of sulfonamides is 1. The van der Waals surface area contributed by atoms with E-state index in [4.69, 9.17) is 0 Å². The molecule has 5 nitrogen and oxygen atoms in total. The highest BCUT2D eigenvalue weighted by molar-refractivity contribution is 7.92. The standard InChI is InChI=1S/C26H36N2O3S/c1-6-24(22-14-13-20-10-8-9-11-21(20)17-22)27-26(29)25(7-2)28(32(5,30)31)23-15-12-18(3)19(4)16-23/h12-17,24-25H,6-11H2,1-5H3,(H,27,29)/t24-,25+/m1/s1. The van der Waals surface area contributed by atoms with Crippen molar-refractivity contribution in [2.75, 3.05) is 10.6 Å². The van der Waals surface area contributed by atoms with Gasteiger partial charge >= 0.3 is 0 Å². The van der Waals surface area contributed by atoms with Crippen LogP contribution in [0, 0.1) is 13.8 Å². The van der Waals surface area contributed by atoms with Gasteiger partial charge in [-0.1, -0.05) is 38.1 Å². The maximum atomic E-state index is 13.4. The number of carbonyl (C=O) groups excluding carboxylic acids is 1. The normalized spacial score (nSPS) is 15.5. The molecule has 0 aliphatic heterocycles. The molecule has 0 aromatic heterocycles. The number of anilines is 1. The third-order valence-electron chi connectivity index (χ3n) is 6.57. The van der Waals surface area contributed by atoms with Crippen LogP contribution >= 0.6 is 0 Å². The molecular formula is C26H36N2O3S. The lowest BCUT2D eigenvalue weighted by Gasteiger charge is -2.32. The molecule has 1 amide bonds. The average Bonchev–Trinajstić information content (AvgIpc) is 2.76. The third kappa shape index (κ3) is 5.34. The van der Waals surface area contributed by atoms with Crippen LogP contribution in [0.25, 0.3) is 0 Å². The highest BCUT2D eigenvalue weighted by Crippen LogP contribution is 2.28. The molecule has 0 heterocycles. The molecule has 1 aliphatic rings. The predicted octanol–water partition coefficient (Wildman–Crippen LogP) is 4.99. The van der Waals surface area contributed by atoms with E-state index < -0.39 is 16.1 Å². The van der Waals surface area contributed by atoms with Crippen molar-refractivity contribution >= 4 is 21.6 Å². The van der Waals surface area contributed by atoms with Crippen LogP contribution in [-0.2, 0) is 27.7 Å². The first-order valence-electron chi connectivity index (χ1n) is 11.6. The Morgan fingerprint density at radius 1 is 0.969 bits per heavy atom. The summed E-state index contributed by atoms with van der Waals surface area (Å²) in [7, 11) is -3.65. The van der Waals surface area contributed by atoms with Crippen LogP contribution in [0.15, 0.2) is 36.4 Å². The molecule has 0 radical (unpaired) electrons. The summed E-state index contributed by atoms with van der Waals surface area (Å²) in [6, 6.07) is 11.1. The summed E-state index contributed by atoms with van der Waals surface area (Å²) in [6.07, 6.45) is 6.93. The lowest BCUT2D eigenvalue weighted by molar-refractivity contribution is -0.123. The van der Waals surface area contributed by atoms with E-state index in [0.29, 0.717) is 12.1 Å². The van der Waals surface area contributed by atoms with E-state index in [1.807, 2.05) is 39.8 Å². The Balaban J connectivity index is 1.89. The first kappa shape index (κ1) is 24.3. The smallest absolute Gasteiger partial charge is 0.244 e. The van der Waals surface area contributed by atoms with Gasteiger partial charge < -0.3 is 5.32 Å². The molecule has 2 atom stereocenters. The Bertz CT molecular complexity index is 1080. The van der Waals surface area contributed by atoms with E-state index >= 15 is 0 Å². The summed E-state index contributed by atoms with van der Waals surface area (Å²) in [4.78, 5) is 13.4. The molecule has 1 N–H and O–H groups in total. The summed E-state index contributed by atoms with van der Waals surface area (Å²) in [5.41, 5.74) is 6.48. The van der Waals surface area contributed by atoms with E-state index in [9.17, 15) is 13.2 Å². The second-order valence-corrected chi connectivity index (χ2v) is 10.8. The van der Waals surface area contributed by atoms with Gasteiger partial charge in [-0.05, 0) is 92.3 Å². The molecule has 32 heavy (non-hydrogen) atoms. The zero-order chi connectivity index (χ0) is 23.5. The Labute approximate surface area is 193 Å². The van der Waals surface area contributed by atoms with Crippen molar-refractivity contribution in [1.82, 2.24) is 5.32 Å². The maximum absolute atomic E-state index is 13.4. The van der Waals surface area contributed by atoms with Crippen molar-refractivity contribution in [2.24, 2.45) is 0 Å². The molecular weight excluding hydrogens is 420 g/mol. The minimum absolute atomic E-state index is 0.148. The van der Waals surface area contributed by atoms with Crippen molar-refractivity contribution < 1.29 is 13.2 Å². The van der Waals surface area contributed by atoms with Gasteiger partial charge in [0.2, 0.25) is 15.9 Å². The lowest BCUT2D eigenvalue weighted by atomic mass is 9.88. The number of benzene rings is 2. The van der Waals surface area contributed by atoms with Crippen LogP contribution in [0.3, 0.4) is 0 Å².